The second-order valence-corrected chi connectivity index (χ2v) is 5.86. The summed E-state index contributed by atoms with van der Waals surface area (Å²) in [6.45, 7) is 1.18. The van der Waals surface area contributed by atoms with Crippen LogP contribution in [0.2, 0.25) is 0 Å². The van der Waals surface area contributed by atoms with Crippen LogP contribution in [0.5, 0.6) is 0 Å². The zero-order chi connectivity index (χ0) is 14.9. The number of hydrogen-bond acceptors (Lipinski definition) is 2. The number of fused-ring (bicyclic) bond motifs is 1. The summed E-state index contributed by atoms with van der Waals surface area (Å²) in [5.41, 5.74) is 3.62. The quantitative estimate of drug-likeness (QED) is 0.762. The molecule has 1 N–H and O–H groups in total. The highest BCUT2D eigenvalue weighted by molar-refractivity contribution is 5.79. The first kappa shape index (κ1) is 13.5. The lowest BCUT2D eigenvalue weighted by molar-refractivity contribution is 0.111. The molecule has 112 valence electrons. The van der Waals surface area contributed by atoms with Crippen molar-refractivity contribution in [2.75, 3.05) is 6.61 Å². The molecule has 3 nitrogen and oxygen atoms in total. The van der Waals surface area contributed by atoms with Gasteiger partial charge in [0, 0.05) is 12.2 Å². The second-order valence-electron chi connectivity index (χ2n) is 5.86. The maximum absolute atomic E-state index is 13.6. The number of benzene rings is 2. The summed E-state index contributed by atoms with van der Waals surface area (Å²) in [4.78, 5) is 7.89. The normalized spacial score (nSPS) is 14.6. The van der Waals surface area contributed by atoms with Crippen LogP contribution < -0.4 is 0 Å². The molecule has 4 heteroatoms. The van der Waals surface area contributed by atoms with Gasteiger partial charge in [0.1, 0.15) is 11.6 Å². The summed E-state index contributed by atoms with van der Waals surface area (Å²) >= 11 is 0. The van der Waals surface area contributed by atoms with Crippen molar-refractivity contribution in [1.29, 1.82) is 0 Å². The summed E-state index contributed by atoms with van der Waals surface area (Å²) in [6, 6.07) is 12.6. The SMILES string of the molecule is Fc1ccc(-c2nc3ccccc3[nH]2)c(COCC2CC2)c1. The number of H-pyrrole nitrogens is 1. The van der Waals surface area contributed by atoms with Crippen LogP contribution in [0.25, 0.3) is 22.4 Å². The minimum absolute atomic E-state index is 0.245. The standard InChI is InChI=1S/C18H17FN2O/c19-14-7-8-15(13(9-14)11-22-10-12-5-6-12)18-20-16-3-1-2-4-17(16)21-18/h1-4,7-9,12H,5-6,10-11H2,(H,20,21). The van der Waals surface area contributed by atoms with Crippen LogP contribution in [0.15, 0.2) is 42.5 Å². The molecule has 1 fully saturated rings. The Kier molecular flexibility index (Phi) is 3.39. The predicted molar refractivity (Wildman–Crippen MR) is 83.9 cm³/mol. The Balaban J connectivity index is 1.66. The molecule has 0 radical (unpaired) electrons. The number of para-hydroxylation sites is 2. The molecule has 2 aromatic carbocycles. The second kappa shape index (κ2) is 5.54. The van der Waals surface area contributed by atoms with Crippen molar-refractivity contribution in [1.82, 2.24) is 9.97 Å². The van der Waals surface area contributed by atoms with Crippen molar-refractivity contribution < 1.29 is 9.13 Å². The van der Waals surface area contributed by atoms with E-state index >= 15 is 0 Å². The molecule has 1 saturated carbocycles. The van der Waals surface area contributed by atoms with E-state index in [4.69, 9.17) is 4.74 Å². The Morgan fingerprint density at radius 1 is 1.18 bits per heavy atom. The van der Waals surface area contributed by atoms with Crippen molar-refractivity contribution in [3.05, 3.63) is 53.8 Å². The molecule has 0 saturated heterocycles. The molecule has 0 amide bonds. The van der Waals surface area contributed by atoms with Crippen molar-refractivity contribution in [3.8, 4) is 11.4 Å². The van der Waals surface area contributed by atoms with Crippen LogP contribution in [0.1, 0.15) is 18.4 Å². The highest BCUT2D eigenvalue weighted by atomic mass is 19.1. The number of imidazole rings is 1. The fraction of sp³-hybridized carbons (Fsp3) is 0.278. The smallest absolute Gasteiger partial charge is 0.138 e. The number of aromatic amines is 1. The van der Waals surface area contributed by atoms with Crippen molar-refractivity contribution in [3.63, 3.8) is 0 Å². The highest BCUT2D eigenvalue weighted by Gasteiger charge is 2.21. The molecule has 0 bridgehead atoms. The lowest BCUT2D eigenvalue weighted by atomic mass is 10.1. The molecule has 4 rings (SSSR count). The van der Waals surface area contributed by atoms with Gasteiger partial charge in [-0.1, -0.05) is 12.1 Å². The molecule has 0 aliphatic heterocycles. The van der Waals surface area contributed by atoms with E-state index in [1.54, 1.807) is 6.07 Å². The highest BCUT2D eigenvalue weighted by Crippen LogP contribution is 2.30. The van der Waals surface area contributed by atoms with E-state index in [-0.39, 0.29) is 5.82 Å². The number of aromatic nitrogens is 2. The van der Waals surface area contributed by atoms with E-state index < -0.39 is 0 Å². The Labute approximate surface area is 128 Å². The Hall–Kier alpha value is -2.20. The van der Waals surface area contributed by atoms with Gasteiger partial charge in [-0.3, -0.25) is 0 Å². The maximum atomic E-state index is 13.6. The first-order valence-corrected chi connectivity index (χ1v) is 7.61. The van der Waals surface area contributed by atoms with Gasteiger partial charge in [-0.25, -0.2) is 9.37 Å². The molecule has 1 aliphatic rings. The zero-order valence-corrected chi connectivity index (χ0v) is 12.2. The Morgan fingerprint density at radius 2 is 2.05 bits per heavy atom. The van der Waals surface area contributed by atoms with Gasteiger partial charge in [0.25, 0.3) is 0 Å². The minimum atomic E-state index is -0.245. The van der Waals surface area contributed by atoms with Gasteiger partial charge in [-0.2, -0.15) is 0 Å². The minimum Gasteiger partial charge on any atom is -0.376 e. The number of nitrogens with zero attached hydrogens (tertiary/aromatic N) is 1. The molecule has 1 aliphatic carbocycles. The van der Waals surface area contributed by atoms with E-state index in [1.165, 1.54) is 25.0 Å². The van der Waals surface area contributed by atoms with E-state index in [9.17, 15) is 4.39 Å². The van der Waals surface area contributed by atoms with Crippen LogP contribution in [-0.2, 0) is 11.3 Å². The van der Waals surface area contributed by atoms with Gasteiger partial charge in [0.2, 0.25) is 0 Å². The molecule has 0 spiro atoms. The van der Waals surface area contributed by atoms with E-state index in [2.05, 4.69) is 9.97 Å². The summed E-state index contributed by atoms with van der Waals surface area (Å²) in [5.74, 6) is 1.21. The first-order valence-electron chi connectivity index (χ1n) is 7.61. The predicted octanol–water partition coefficient (Wildman–Crippen LogP) is 4.30. The van der Waals surface area contributed by atoms with Gasteiger partial charge in [-0.15, -0.1) is 0 Å². The van der Waals surface area contributed by atoms with E-state index in [0.29, 0.717) is 12.5 Å². The van der Waals surface area contributed by atoms with Gasteiger partial charge < -0.3 is 9.72 Å². The summed E-state index contributed by atoms with van der Waals surface area (Å²) < 4.78 is 19.3. The molecular formula is C18H17FN2O. The van der Waals surface area contributed by atoms with Gasteiger partial charge >= 0.3 is 0 Å². The average molecular weight is 296 g/mol. The third-order valence-corrected chi connectivity index (χ3v) is 4.02. The number of ether oxygens (including phenoxy) is 1. The molecule has 22 heavy (non-hydrogen) atoms. The number of halogens is 1. The molecular weight excluding hydrogens is 279 g/mol. The van der Waals surface area contributed by atoms with Gasteiger partial charge in [0.15, 0.2) is 0 Å². The van der Waals surface area contributed by atoms with Gasteiger partial charge in [0.05, 0.1) is 17.6 Å². The van der Waals surface area contributed by atoms with Crippen LogP contribution in [-0.4, -0.2) is 16.6 Å². The summed E-state index contributed by atoms with van der Waals surface area (Å²) in [7, 11) is 0. The summed E-state index contributed by atoms with van der Waals surface area (Å²) in [6.07, 6.45) is 2.50. The monoisotopic (exact) mass is 296 g/mol. The van der Waals surface area contributed by atoms with Crippen LogP contribution in [0, 0.1) is 11.7 Å². The largest absolute Gasteiger partial charge is 0.376 e. The molecule has 0 atom stereocenters. The lowest BCUT2D eigenvalue weighted by Gasteiger charge is -2.08. The number of rotatable bonds is 5. The van der Waals surface area contributed by atoms with E-state index in [1.807, 2.05) is 24.3 Å². The number of hydrogen-bond donors (Lipinski definition) is 1. The maximum Gasteiger partial charge on any atom is 0.138 e. The Morgan fingerprint density at radius 3 is 2.86 bits per heavy atom. The van der Waals surface area contributed by atoms with Crippen LogP contribution >= 0.6 is 0 Å². The van der Waals surface area contributed by atoms with Crippen LogP contribution in [0.3, 0.4) is 0 Å². The Bertz CT molecular complexity index is 775. The van der Waals surface area contributed by atoms with Crippen molar-refractivity contribution >= 4 is 11.0 Å². The fourth-order valence-electron chi connectivity index (χ4n) is 2.61. The molecule has 1 heterocycles. The zero-order valence-electron chi connectivity index (χ0n) is 12.2. The van der Waals surface area contributed by atoms with E-state index in [0.717, 1.165) is 34.6 Å². The third kappa shape index (κ3) is 2.74. The number of nitrogens with one attached hydrogen (secondary N) is 1. The fourth-order valence-corrected chi connectivity index (χ4v) is 2.61. The summed E-state index contributed by atoms with van der Waals surface area (Å²) in [5, 5.41) is 0. The lowest BCUT2D eigenvalue weighted by Crippen LogP contribution is -2.00. The third-order valence-electron chi connectivity index (χ3n) is 4.02. The van der Waals surface area contributed by atoms with Crippen LogP contribution in [0.4, 0.5) is 4.39 Å². The topological polar surface area (TPSA) is 37.9 Å². The van der Waals surface area contributed by atoms with Crippen molar-refractivity contribution in [2.45, 2.75) is 19.4 Å². The average Bonchev–Trinajstić information content (AvgIpc) is 3.24. The van der Waals surface area contributed by atoms with Gasteiger partial charge in [-0.05, 0) is 54.7 Å². The van der Waals surface area contributed by atoms with Crippen molar-refractivity contribution in [2.24, 2.45) is 5.92 Å². The molecule has 1 aromatic heterocycles. The molecule has 3 aromatic rings. The molecule has 0 unspecified atom stereocenters. The first-order chi connectivity index (χ1) is 10.8.